The number of fused-ring (bicyclic) bond motifs is 1. The summed E-state index contributed by atoms with van der Waals surface area (Å²) in [4.78, 5) is 13.3. The Labute approximate surface area is 206 Å². The Morgan fingerprint density at radius 3 is 2.23 bits per heavy atom. The van der Waals surface area contributed by atoms with Crippen molar-refractivity contribution in [3.63, 3.8) is 0 Å². The van der Waals surface area contributed by atoms with E-state index in [9.17, 15) is 9.90 Å². The minimum Gasteiger partial charge on any atom is -0.505 e. The van der Waals surface area contributed by atoms with Gasteiger partial charge in [-0.2, -0.15) is 5.10 Å². The van der Waals surface area contributed by atoms with Gasteiger partial charge in [0.1, 0.15) is 24.6 Å². The summed E-state index contributed by atoms with van der Waals surface area (Å²) in [6, 6.07) is 20.8. The molecule has 0 aliphatic rings. The molecule has 0 saturated carbocycles. The summed E-state index contributed by atoms with van der Waals surface area (Å²) in [5, 5.41) is 15.7. The Bertz CT molecular complexity index is 1310. The quantitative estimate of drug-likeness (QED) is 0.236. The van der Waals surface area contributed by atoms with E-state index in [-0.39, 0.29) is 30.2 Å². The molecule has 0 saturated heterocycles. The maximum Gasteiger partial charge on any atom is 0.282 e. The highest BCUT2D eigenvalue weighted by molar-refractivity contribution is 6.76. The van der Waals surface area contributed by atoms with E-state index >= 15 is 0 Å². The lowest BCUT2D eigenvalue weighted by Gasteiger charge is -2.15. The molecule has 8 heteroatoms. The molecular formula is C27H33N3O4Si. The van der Waals surface area contributed by atoms with Crippen LogP contribution in [-0.2, 0) is 36.0 Å². The minimum absolute atomic E-state index is 0.0320. The molecule has 2 aromatic carbocycles. The lowest BCUT2D eigenvalue weighted by Crippen LogP contribution is -2.26. The van der Waals surface area contributed by atoms with E-state index in [1.54, 1.807) is 6.20 Å². The van der Waals surface area contributed by atoms with Gasteiger partial charge >= 0.3 is 0 Å². The normalized spacial score (nSPS) is 11.9. The second-order valence-electron chi connectivity index (χ2n) is 9.91. The van der Waals surface area contributed by atoms with Crippen LogP contribution in [0.2, 0.25) is 25.7 Å². The van der Waals surface area contributed by atoms with Crippen LogP contribution in [0.4, 0.5) is 0 Å². The molecule has 0 aliphatic carbocycles. The fourth-order valence-corrected chi connectivity index (χ4v) is 4.65. The predicted molar refractivity (Wildman–Crippen MR) is 140 cm³/mol. The van der Waals surface area contributed by atoms with Crippen LogP contribution in [0.15, 0.2) is 71.7 Å². The number of aromatic nitrogens is 3. The number of aromatic hydroxyl groups is 1. The number of ether oxygens (including phenoxy) is 2. The smallest absolute Gasteiger partial charge is 0.282 e. The number of hydrogen-bond acceptors (Lipinski definition) is 5. The Balaban J connectivity index is 1.63. The maximum atomic E-state index is 13.3. The summed E-state index contributed by atoms with van der Waals surface area (Å²) in [5.41, 5.74) is 2.87. The van der Waals surface area contributed by atoms with Gasteiger partial charge in [0, 0.05) is 21.1 Å². The van der Waals surface area contributed by atoms with Gasteiger partial charge in [0.2, 0.25) is 0 Å². The van der Waals surface area contributed by atoms with Gasteiger partial charge in [-0.15, -0.1) is 0 Å². The molecule has 0 spiro atoms. The monoisotopic (exact) mass is 491 g/mol. The van der Waals surface area contributed by atoms with Gasteiger partial charge in [-0.1, -0.05) is 80.3 Å². The SMILES string of the molecule is C[Si](C)(C)CCOCn1ncc2c(c(O)c(Cc3ccccc3)n2COCc2ccccc2)c1=O. The van der Waals surface area contributed by atoms with Crippen molar-refractivity contribution in [2.45, 2.75) is 52.2 Å². The van der Waals surface area contributed by atoms with Crippen LogP contribution in [-0.4, -0.2) is 34.1 Å². The maximum absolute atomic E-state index is 13.3. The molecule has 2 heterocycles. The minimum atomic E-state index is -1.23. The van der Waals surface area contributed by atoms with Gasteiger partial charge in [0.25, 0.3) is 5.56 Å². The standard InChI is InChI=1S/C27H33N3O4Si/c1-35(2,3)15-14-33-20-30-27(32)25-24(17-28-30)29(19-34-18-22-12-8-5-9-13-22)23(26(25)31)16-21-10-6-4-7-11-21/h4-13,17,31H,14-16,18-20H2,1-3H3. The van der Waals surface area contributed by atoms with E-state index in [0.29, 0.717) is 30.8 Å². The van der Waals surface area contributed by atoms with Crippen molar-refractivity contribution < 1.29 is 14.6 Å². The van der Waals surface area contributed by atoms with E-state index in [4.69, 9.17) is 9.47 Å². The first-order chi connectivity index (χ1) is 16.8. The van der Waals surface area contributed by atoms with Crippen LogP contribution in [0.3, 0.4) is 0 Å². The summed E-state index contributed by atoms with van der Waals surface area (Å²) in [6.45, 7) is 8.09. The number of nitrogens with zero attached hydrogens (tertiary/aromatic N) is 3. The molecule has 0 fully saturated rings. The van der Waals surface area contributed by atoms with Crippen molar-refractivity contribution in [2.24, 2.45) is 0 Å². The Kier molecular flexibility index (Phi) is 7.85. The van der Waals surface area contributed by atoms with Crippen molar-refractivity contribution >= 4 is 19.0 Å². The third-order valence-electron chi connectivity index (χ3n) is 5.91. The molecular weight excluding hydrogens is 458 g/mol. The van der Waals surface area contributed by atoms with Gasteiger partial charge in [-0.3, -0.25) is 4.79 Å². The Morgan fingerprint density at radius 1 is 0.914 bits per heavy atom. The lowest BCUT2D eigenvalue weighted by molar-refractivity contribution is 0.0648. The van der Waals surface area contributed by atoms with Crippen molar-refractivity contribution in [1.29, 1.82) is 0 Å². The van der Waals surface area contributed by atoms with Gasteiger partial charge in [-0.25, -0.2) is 4.68 Å². The summed E-state index contributed by atoms with van der Waals surface area (Å²) in [5.74, 6) is -0.0320. The van der Waals surface area contributed by atoms with Crippen LogP contribution >= 0.6 is 0 Å². The van der Waals surface area contributed by atoms with Crippen LogP contribution in [0, 0.1) is 0 Å². The zero-order chi connectivity index (χ0) is 24.8. The highest BCUT2D eigenvalue weighted by Crippen LogP contribution is 2.31. The van der Waals surface area contributed by atoms with E-state index < -0.39 is 8.07 Å². The molecule has 2 aromatic heterocycles. The lowest BCUT2D eigenvalue weighted by atomic mass is 10.1. The van der Waals surface area contributed by atoms with E-state index in [2.05, 4.69) is 24.7 Å². The van der Waals surface area contributed by atoms with E-state index in [0.717, 1.165) is 17.2 Å². The largest absolute Gasteiger partial charge is 0.505 e. The molecule has 7 nitrogen and oxygen atoms in total. The second-order valence-corrected chi connectivity index (χ2v) is 15.5. The average molecular weight is 492 g/mol. The fourth-order valence-electron chi connectivity index (χ4n) is 3.89. The van der Waals surface area contributed by atoms with Crippen molar-refractivity contribution in [3.05, 3.63) is 94.0 Å². The first kappa shape index (κ1) is 24.9. The molecule has 0 amide bonds. The molecule has 0 bridgehead atoms. The average Bonchev–Trinajstić information content (AvgIpc) is 3.10. The molecule has 4 aromatic rings. The van der Waals surface area contributed by atoms with Crippen molar-refractivity contribution in [2.75, 3.05) is 6.61 Å². The van der Waals surface area contributed by atoms with Crippen LogP contribution < -0.4 is 5.56 Å². The summed E-state index contributed by atoms with van der Waals surface area (Å²) < 4.78 is 14.8. The van der Waals surface area contributed by atoms with Crippen LogP contribution in [0.25, 0.3) is 10.9 Å². The van der Waals surface area contributed by atoms with Crippen molar-refractivity contribution in [1.82, 2.24) is 14.3 Å². The number of hydrogen-bond donors (Lipinski definition) is 1. The third-order valence-corrected chi connectivity index (χ3v) is 7.61. The summed E-state index contributed by atoms with van der Waals surface area (Å²) in [6.07, 6.45) is 2.07. The zero-order valence-corrected chi connectivity index (χ0v) is 21.6. The molecule has 0 unspecified atom stereocenters. The van der Waals surface area contributed by atoms with Gasteiger partial charge in [0.05, 0.1) is 24.0 Å². The van der Waals surface area contributed by atoms with Gasteiger partial charge in [0.15, 0.2) is 0 Å². The molecule has 1 N–H and O–H groups in total. The Morgan fingerprint density at radius 2 is 1.57 bits per heavy atom. The van der Waals surface area contributed by atoms with Crippen LogP contribution in [0.1, 0.15) is 16.8 Å². The number of benzene rings is 2. The van der Waals surface area contributed by atoms with Gasteiger partial charge < -0.3 is 19.1 Å². The molecule has 35 heavy (non-hydrogen) atoms. The summed E-state index contributed by atoms with van der Waals surface area (Å²) >= 11 is 0. The highest BCUT2D eigenvalue weighted by atomic mass is 28.3. The topological polar surface area (TPSA) is 78.5 Å². The predicted octanol–water partition coefficient (Wildman–Crippen LogP) is 4.98. The second kappa shape index (κ2) is 11.0. The molecule has 0 atom stereocenters. The summed E-state index contributed by atoms with van der Waals surface area (Å²) in [7, 11) is -1.23. The highest BCUT2D eigenvalue weighted by Gasteiger charge is 2.22. The number of rotatable bonds is 11. The first-order valence-corrected chi connectivity index (χ1v) is 15.6. The van der Waals surface area contributed by atoms with E-state index in [1.807, 2.05) is 65.2 Å². The molecule has 0 aliphatic heterocycles. The van der Waals surface area contributed by atoms with Gasteiger partial charge in [-0.05, 0) is 17.2 Å². The Hall–Kier alpha value is -3.20. The molecule has 4 rings (SSSR count). The molecule has 0 radical (unpaired) electrons. The molecule has 184 valence electrons. The third kappa shape index (κ3) is 6.27. The van der Waals surface area contributed by atoms with Crippen LogP contribution in [0.5, 0.6) is 5.75 Å². The van der Waals surface area contributed by atoms with E-state index in [1.165, 1.54) is 4.68 Å². The first-order valence-electron chi connectivity index (χ1n) is 11.9. The fraction of sp³-hybridized carbons (Fsp3) is 0.333. The zero-order valence-electron chi connectivity index (χ0n) is 20.6. The van der Waals surface area contributed by atoms with Crippen molar-refractivity contribution in [3.8, 4) is 5.75 Å².